The minimum absolute atomic E-state index is 0.00950. The van der Waals surface area contributed by atoms with Gasteiger partial charge in [0.15, 0.2) is 22.5 Å². The Kier molecular flexibility index (Phi) is 21.3. The topological polar surface area (TPSA) is 274 Å². The minimum Gasteiger partial charge on any atom is -0.451 e. The number of hydrogen-bond acceptors (Lipinski definition) is 19. The van der Waals surface area contributed by atoms with Crippen molar-refractivity contribution in [2.75, 3.05) is 34.4 Å². The van der Waals surface area contributed by atoms with Gasteiger partial charge in [0.1, 0.15) is 30.7 Å². The highest BCUT2D eigenvalue weighted by atomic mass is 127. The van der Waals surface area contributed by atoms with E-state index in [9.17, 15) is 44.9 Å². The summed E-state index contributed by atoms with van der Waals surface area (Å²) in [7, 11) is 4.62. The van der Waals surface area contributed by atoms with E-state index in [2.05, 4.69) is 10.3 Å². The SMILES string of the molecule is COC1C(OC[C@H]2/C=C(C)/C=C/C(=O)[C@H](C)C[C@H](C=O)[C@H](OC3OC(C)C(O)C(N(C)CCc4cn(CCc5ccc([N+](=O)[O-])cc5)nn4)C3O)[C@@H](C)[C@H](O)CC(=O)O[C@@H]2I)OC(C)C(O)C1OC. The number of benzene rings is 1. The van der Waals surface area contributed by atoms with Gasteiger partial charge in [0.25, 0.3) is 5.69 Å². The molecule has 384 valence electrons. The van der Waals surface area contributed by atoms with Gasteiger partial charge in [0, 0.05) is 75.7 Å². The Hall–Kier alpha value is -3.66. The van der Waals surface area contributed by atoms with Crippen molar-refractivity contribution in [3.05, 3.63) is 75.6 Å². The number of likely N-dealkylation sites (N-methyl/N-ethyl adjacent to an activating group) is 1. The molecule has 1 aromatic heterocycles. The van der Waals surface area contributed by atoms with E-state index in [0.717, 1.165) is 5.56 Å². The highest BCUT2D eigenvalue weighted by Gasteiger charge is 2.48. The van der Waals surface area contributed by atoms with E-state index in [1.807, 2.05) is 22.6 Å². The predicted molar refractivity (Wildman–Crippen MR) is 254 cm³/mol. The van der Waals surface area contributed by atoms with E-state index in [4.69, 9.17) is 33.2 Å². The number of allylic oxidation sites excluding steroid dienone is 3. The van der Waals surface area contributed by atoms with Gasteiger partial charge in [-0.25, -0.2) is 0 Å². The number of nitro benzene ring substituents is 1. The lowest BCUT2D eigenvalue weighted by molar-refractivity contribution is -0.384. The zero-order valence-electron chi connectivity index (χ0n) is 40.3. The van der Waals surface area contributed by atoms with E-state index < -0.39 is 119 Å². The van der Waals surface area contributed by atoms with Gasteiger partial charge in [-0.1, -0.05) is 48.9 Å². The lowest BCUT2D eigenvalue weighted by atomic mass is 9.82. The van der Waals surface area contributed by atoms with E-state index in [-0.39, 0.29) is 24.5 Å². The number of ketones is 1. The number of non-ortho nitro benzene ring substituents is 1. The standard InChI is InChI=1S/C47H68IN5O16/c1-25-9-14-35(55)26(2)20-31(23-54)42(27(3)36(56)21-37(57)68-45(48)32(19-25)24-65-47-44(64-8)43(63-7)40(59)29(5)67-47)69-46-41(60)38(39(58)28(4)66-46)51(6)17-16-33-22-52(50-49-33)18-15-30-10-12-34(13-11-30)53(61)62/h9-14,19,22-23,26-29,31-32,36,38-47,56,58-60H,15-18,20-21,24H2,1-8H3/b14-9+,25-19+/t26-,27+,28?,29?,31-,32-,36-,38?,39?,40?,41?,42-,43?,44?,45+,46?,47?/m1/s1. The zero-order chi connectivity index (χ0) is 50.7. The molecule has 2 saturated heterocycles. The number of ether oxygens (including phenoxy) is 7. The number of esters is 1. The summed E-state index contributed by atoms with van der Waals surface area (Å²) in [5.74, 6) is -4.31. The van der Waals surface area contributed by atoms with Crippen molar-refractivity contribution < 1.29 is 72.9 Å². The Balaban J connectivity index is 1.29. The van der Waals surface area contributed by atoms with Gasteiger partial charge in [-0.15, -0.1) is 5.10 Å². The highest BCUT2D eigenvalue weighted by Crippen LogP contribution is 2.34. The van der Waals surface area contributed by atoms with Crippen LogP contribution < -0.4 is 0 Å². The summed E-state index contributed by atoms with van der Waals surface area (Å²) in [6, 6.07) is 5.37. The number of carbonyl (C=O) groups excluding carboxylic acids is 3. The maximum Gasteiger partial charge on any atom is 0.309 e. The van der Waals surface area contributed by atoms with Crippen molar-refractivity contribution in [1.29, 1.82) is 0 Å². The lowest BCUT2D eigenvalue weighted by Gasteiger charge is -2.47. The van der Waals surface area contributed by atoms with Gasteiger partial charge < -0.3 is 58.4 Å². The van der Waals surface area contributed by atoms with Crippen LogP contribution in [0.25, 0.3) is 0 Å². The summed E-state index contributed by atoms with van der Waals surface area (Å²) >= 11 is 1.96. The molecule has 0 saturated carbocycles. The Labute approximate surface area is 415 Å². The molecule has 69 heavy (non-hydrogen) atoms. The van der Waals surface area contributed by atoms with Gasteiger partial charge in [-0.2, -0.15) is 0 Å². The molecule has 2 fully saturated rings. The Morgan fingerprint density at radius 3 is 2.26 bits per heavy atom. The fourth-order valence-corrected chi connectivity index (χ4v) is 9.59. The van der Waals surface area contributed by atoms with Crippen LogP contribution in [0.3, 0.4) is 0 Å². The number of aldehydes is 1. The molecule has 0 bridgehead atoms. The normalized spacial score (nSPS) is 36.6. The molecule has 0 aliphatic carbocycles. The smallest absolute Gasteiger partial charge is 0.309 e. The minimum atomic E-state index is -1.47. The van der Waals surface area contributed by atoms with Gasteiger partial charge >= 0.3 is 5.97 Å². The molecule has 21 nitrogen and oxygen atoms in total. The number of aliphatic hydroxyl groups is 4. The van der Waals surface area contributed by atoms with Crippen molar-refractivity contribution in [1.82, 2.24) is 19.9 Å². The quantitative estimate of drug-likeness (QED) is 0.0470. The molecule has 22 heteroatoms. The molecule has 0 radical (unpaired) electrons. The highest BCUT2D eigenvalue weighted by molar-refractivity contribution is 14.1. The average molecular weight is 1090 g/mol. The maximum atomic E-state index is 13.6. The van der Waals surface area contributed by atoms with Gasteiger partial charge in [-0.05, 0) is 74.9 Å². The number of nitrogens with zero attached hydrogens (tertiary/aromatic N) is 5. The molecule has 4 heterocycles. The summed E-state index contributed by atoms with van der Waals surface area (Å²) in [5, 5.41) is 65.0. The summed E-state index contributed by atoms with van der Waals surface area (Å²) in [6.45, 7) is 9.10. The average Bonchev–Trinajstić information content (AvgIpc) is 3.78. The maximum absolute atomic E-state index is 13.6. The second-order valence-corrected chi connectivity index (χ2v) is 19.5. The number of nitro groups is 1. The van der Waals surface area contributed by atoms with Gasteiger partial charge in [0.2, 0.25) is 0 Å². The number of carbonyl (C=O) groups is 3. The fraction of sp³-hybridized carbons (Fsp3) is 0.681. The van der Waals surface area contributed by atoms with Crippen LogP contribution in [0.5, 0.6) is 0 Å². The third kappa shape index (κ3) is 14.9. The van der Waals surface area contributed by atoms with Crippen LogP contribution in [0.4, 0.5) is 5.69 Å². The molecule has 1 aromatic carbocycles. The zero-order valence-corrected chi connectivity index (χ0v) is 42.4. The van der Waals surface area contributed by atoms with Crippen molar-refractivity contribution in [3.63, 3.8) is 0 Å². The van der Waals surface area contributed by atoms with E-state index in [1.54, 1.807) is 81.7 Å². The largest absolute Gasteiger partial charge is 0.451 e. The molecule has 3 aliphatic rings. The first-order valence-electron chi connectivity index (χ1n) is 23.1. The summed E-state index contributed by atoms with van der Waals surface area (Å²) < 4.78 is 42.4. The first kappa shape index (κ1) is 56.3. The number of hydrogen-bond donors (Lipinski definition) is 4. The van der Waals surface area contributed by atoms with Crippen molar-refractivity contribution >= 4 is 46.3 Å². The van der Waals surface area contributed by atoms with Crippen LogP contribution in [0.15, 0.2) is 54.3 Å². The molecule has 4 N–H and O–H groups in total. The molecule has 2 aromatic rings. The molecule has 0 spiro atoms. The fourth-order valence-electron chi connectivity index (χ4n) is 8.89. The third-order valence-electron chi connectivity index (χ3n) is 13.2. The Morgan fingerprint density at radius 1 is 0.942 bits per heavy atom. The Morgan fingerprint density at radius 2 is 1.61 bits per heavy atom. The summed E-state index contributed by atoms with van der Waals surface area (Å²) in [5.41, 5.74) is 2.20. The molecule has 3 aliphatic heterocycles. The molecule has 0 amide bonds. The number of alkyl halides is 1. The van der Waals surface area contributed by atoms with Crippen LogP contribution in [-0.2, 0) is 66.9 Å². The number of cyclic esters (lactones) is 1. The van der Waals surface area contributed by atoms with Crippen LogP contribution in [-0.4, -0.2) is 175 Å². The first-order chi connectivity index (χ1) is 32.8. The monoisotopic (exact) mass is 1090 g/mol. The van der Waals surface area contributed by atoms with Crippen LogP contribution in [0.2, 0.25) is 0 Å². The third-order valence-corrected chi connectivity index (χ3v) is 14.4. The first-order valence-corrected chi connectivity index (χ1v) is 24.4. The Bertz CT molecular complexity index is 2060. The van der Waals surface area contributed by atoms with Crippen LogP contribution >= 0.6 is 22.6 Å². The molecule has 10 unspecified atom stereocenters. The van der Waals surface area contributed by atoms with E-state index >= 15 is 0 Å². The van der Waals surface area contributed by atoms with Crippen molar-refractivity contribution in [3.8, 4) is 0 Å². The van der Waals surface area contributed by atoms with Crippen molar-refractivity contribution in [2.45, 2.75) is 145 Å². The van der Waals surface area contributed by atoms with Gasteiger partial charge in [0.05, 0.1) is 60.2 Å². The molecule has 5 rings (SSSR count). The molecular weight excluding hydrogens is 1020 g/mol. The number of methoxy groups -OCH3 is 2. The lowest BCUT2D eigenvalue weighted by Crippen LogP contribution is -2.64. The second kappa shape index (κ2) is 26.2. The number of rotatable bonds is 16. The number of aryl methyl sites for hydroxylation is 2. The van der Waals surface area contributed by atoms with E-state index in [1.165, 1.54) is 32.4 Å². The molecule has 17 atom stereocenters. The van der Waals surface area contributed by atoms with Crippen LogP contribution in [0.1, 0.15) is 58.7 Å². The summed E-state index contributed by atoms with van der Waals surface area (Å²) in [4.78, 5) is 52.4. The van der Waals surface area contributed by atoms with Crippen LogP contribution in [0, 0.1) is 33.8 Å². The van der Waals surface area contributed by atoms with E-state index in [0.29, 0.717) is 43.5 Å². The molecular formula is C47H68IN5O16. The second-order valence-electron chi connectivity index (χ2n) is 18.3. The summed E-state index contributed by atoms with van der Waals surface area (Å²) in [6.07, 6.45) is -3.95. The predicted octanol–water partition coefficient (Wildman–Crippen LogP) is 2.51. The number of aliphatic hydroxyl groups excluding tert-OH is 4. The number of halogens is 1. The van der Waals surface area contributed by atoms with Gasteiger partial charge in [-0.3, -0.25) is 29.3 Å². The number of aromatic nitrogens is 3. The van der Waals surface area contributed by atoms with Crippen molar-refractivity contribution in [2.24, 2.45) is 23.7 Å².